The number of nitrogens with zero attached hydrogens (tertiary/aromatic N) is 1. The van der Waals surface area contributed by atoms with Gasteiger partial charge in [-0.15, -0.1) is 0 Å². The monoisotopic (exact) mass is 418 g/mol. The van der Waals surface area contributed by atoms with Crippen LogP contribution in [0.1, 0.15) is 12.5 Å². The number of piperazine rings is 1. The second-order valence-electron chi connectivity index (χ2n) is 7.11. The summed E-state index contributed by atoms with van der Waals surface area (Å²) in [5.74, 6) is 0.563. The minimum absolute atomic E-state index is 0.0558. The van der Waals surface area contributed by atoms with Gasteiger partial charge in [0.25, 0.3) is 5.91 Å². The van der Waals surface area contributed by atoms with E-state index in [9.17, 15) is 13.2 Å². The molecule has 0 aliphatic carbocycles. The van der Waals surface area contributed by atoms with E-state index in [0.717, 1.165) is 17.0 Å². The van der Waals surface area contributed by atoms with Gasteiger partial charge < -0.3 is 15.0 Å². The summed E-state index contributed by atoms with van der Waals surface area (Å²) in [5.41, 5.74) is 1.97. The number of rotatable bonds is 7. The fraction of sp³-hybridized carbons (Fsp3) is 0.381. The van der Waals surface area contributed by atoms with Crippen LogP contribution in [0.15, 0.2) is 53.4 Å². The quantitative estimate of drug-likeness (QED) is 0.697. The number of hydrogen-bond donors (Lipinski definition) is 2. The molecule has 0 unspecified atom stereocenters. The summed E-state index contributed by atoms with van der Waals surface area (Å²) >= 11 is 0. The predicted octanol–water partition coefficient (Wildman–Crippen LogP) is 0.786. The van der Waals surface area contributed by atoms with Crippen molar-refractivity contribution < 1.29 is 22.8 Å². The highest BCUT2D eigenvalue weighted by Gasteiger charge is 2.31. The van der Waals surface area contributed by atoms with Crippen molar-refractivity contribution in [2.24, 2.45) is 0 Å². The zero-order valence-corrected chi connectivity index (χ0v) is 17.7. The number of methoxy groups -OCH3 is 1. The molecule has 2 N–H and O–H groups in total. The molecular formula is C21H28N3O4S+. The molecule has 1 saturated heterocycles. The van der Waals surface area contributed by atoms with Crippen LogP contribution in [-0.4, -0.2) is 58.5 Å². The number of hydrogen-bond acceptors (Lipinski definition) is 4. The van der Waals surface area contributed by atoms with Crippen molar-refractivity contribution in [3.8, 4) is 5.75 Å². The number of quaternary nitrogens is 1. The highest BCUT2D eigenvalue weighted by atomic mass is 32.2. The molecule has 2 aromatic carbocycles. The average Bonchev–Trinajstić information content (AvgIpc) is 2.74. The minimum atomic E-state index is -3.53. The summed E-state index contributed by atoms with van der Waals surface area (Å²) in [4.78, 5) is 13.7. The lowest BCUT2D eigenvalue weighted by Gasteiger charge is -2.31. The third kappa shape index (κ3) is 5.35. The van der Waals surface area contributed by atoms with E-state index in [1.165, 1.54) is 9.87 Å². The van der Waals surface area contributed by atoms with E-state index in [1.807, 2.05) is 24.3 Å². The minimum Gasteiger partial charge on any atom is -0.497 e. The Bertz CT molecular complexity index is 937. The largest absolute Gasteiger partial charge is 0.497 e. The second kappa shape index (κ2) is 9.39. The van der Waals surface area contributed by atoms with Crippen molar-refractivity contribution in [1.82, 2.24) is 4.31 Å². The number of carbonyl (C=O) groups is 1. The molecule has 0 aromatic heterocycles. The van der Waals surface area contributed by atoms with Gasteiger partial charge in [-0.05, 0) is 48.4 Å². The van der Waals surface area contributed by atoms with Gasteiger partial charge in [-0.1, -0.05) is 19.1 Å². The zero-order chi connectivity index (χ0) is 20.9. The van der Waals surface area contributed by atoms with Crippen LogP contribution in [0.2, 0.25) is 0 Å². The molecule has 0 spiro atoms. The number of carbonyl (C=O) groups excluding carboxylic acids is 1. The first-order chi connectivity index (χ1) is 13.9. The summed E-state index contributed by atoms with van der Waals surface area (Å²) in [6, 6.07) is 14.2. The molecule has 1 amide bonds. The number of nitrogens with one attached hydrogen (secondary N) is 2. The van der Waals surface area contributed by atoms with Gasteiger partial charge in [0, 0.05) is 5.69 Å². The standard InChI is InChI=1S/C21H27N3O4S/c1-3-17-5-4-6-18(15-17)22-21(25)16-23-11-13-24(14-12-23)29(26,27)20-9-7-19(28-2)8-10-20/h4-10,15H,3,11-14,16H2,1-2H3,(H,22,25)/p+1. The molecule has 0 bridgehead atoms. The van der Waals surface area contributed by atoms with E-state index in [-0.39, 0.29) is 10.8 Å². The fourth-order valence-corrected chi connectivity index (χ4v) is 4.86. The summed E-state index contributed by atoms with van der Waals surface area (Å²) in [6.07, 6.45) is 0.916. The third-order valence-electron chi connectivity index (χ3n) is 5.16. The van der Waals surface area contributed by atoms with Crippen molar-refractivity contribution >= 4 is 21.6 Å². The van der Waals surface area contributed by atoms with Crippen LogP contribution in [0, 0.1) is 0 Å². The van der Waals surface area contributed by atoms with E-state index in [4.69, 9.17) is 4.74 Å². The number of aryl methyl sites for hydroxylation is 1. The normalized spacial score (nSPS) is 15.8. The van der Waals surface area contributed by atoms with Crippen LogP contribution in [0.3, 0.4) is 0 Å². The van der Waals surface area contributed by atoms with Gasteiger partial charge in [0.15, 0.2) is 6.54 Å². The number of benzene rings is 2. The molecule has 0 atom stereocenters. The average molecular weight is 419 g/mol. The Morgan fingerprint density at radius 3 is 2.45 bits per heavy atom. The van der Waals surface area contributed by atoms with E-state index in [0.29, 0.717) is 38.5 Å². The smallest absolute Gasteiger partial charge is 0.279 e. The molecule has 156 valence electrons. The van der Waals surface area contributed by atoms with Crippen LogP contribution < -0.4 is 15.0 Å². The van der Waals surface area contributed by atoms with Gasteiger partial charge >= 0.3 is 0 Å². The molecule has 3 rings (SSSR count). The van der Waals surface area contributed by atoms with E-state index < -0.39 is 10.0 Å². The summed E-state index contributed by atoms with van der Waals surface area (Å²) in [7, 11) is -1.99. The fourth-order valence-electron chi connectivity index (χ4n) is 3.42. The number of sulfonamides is 1. The summed E-state index contributed by atoms with van der Waals surface area (Å²) in [6.45, 7) is 4.37. The van der Waals surface area contributed by atoms with Crippen LogP contribution in [0.25, 0.3) is 0 Å². The summed E-state index contributed by atoms with van der Waals surface area (Å²) in [5, 5.41) is 2.94. The van der Waals surface area contributed by atoms with Gasteiger partial charge in [-0.2, -0.15) is 4.31 Å². The van der Waals surface area contributed by atoms with Gasteiger partial charge in [-0.25, -0.2) is 8.42 Å². The Morgan fingerprint density at radius 2 is 1.83 bits per heavy atom. The van der Waals surface area contributed by atoms with E-state index in [1.54, 1.807) is 31.4 Å². The van der Waals surface area contributed by atoms with Gasteiger partial charge in [0.2, 0.25) is 10.0 Å². The van der Waals surface area contributed by atoms with Gasteiger partial charge in [-0.3, -0.25) is 4.79 Å². The predicted molar refractivity (Wildman–Crippen MR) is 112 cm³/mol. The van der Waals surface area contributed by atoms with Crippen LogP contribution in [0.4, 0.5) is 5.69 Å². The second-order valence-corrected chi connectivity index (χ2v) is 9.05. The molecule has 7 nitrogen and oxygen atoms in total. The molecular weight excluding hydrogens is 390 g/mol. The Balaban J connectivity index is 1.53. The summed E-state index contributed by atoms with van der Waals surface area (Å²) < 4.78 is 32.2. The maximum absolute atomic E-state index is 12.8. The zero-order valence-electron chi connectivity index (χ0n) is 16.8. The Kier molecular flexibility index (Phi) is 6.89. The molecule has 1 aliphatic heterocycles. The third-order valence-corrected chi connectivity index (χ3v) is 7.07. The Labute approximate surface area is 172 Å². The SMILES string of the molecule is CCc1cccc(NC(=O)C[NH+]2CCN(S(=O)(=O)c3ccc(OC)cc3)CC2)c1. The lowest BCUT2D eigenvalue weighted by Crippen LogP contribution is -3.15. The van der Waals surface area contributed by atoms with Gasteiger partial charge in [0.05, 0.1) is 38.2 Å². The number of ether oxygens (including phenoxy) is 1. The van der Waals surface area contributed by atoms with Crippen molar-refractivity contribution in [2.75, 3.05) is 45.2 Å². The van der Waals surface area contributed by atoms with Crippen molar-refractivity contribution in [2.45, 2.75) is 18.2 Å². The number of amides is 1. The lowest BCUT2D eigenvalue weighted by atomic mass is 10.1. The topological polar surface area (TPSA) is 80.2 Å². The molecule has 1 aliphatic rings. The highest BCUT2D eigenvalue weighted by molar-refractivity contribution is 7.89. The maximum atomic E-state index is 12.8. The molecule has 29 heavy (non-hydrogen) atoms. The van der Waals surface area contributed by atoms with Crippen molar-refractivity contribution in [3.63, 3.8) is 0 Å². The van der Waals surface area contributed by atoms with E-state index in [2.05, 4.69) is 12.2 Å². The molecule has 1 fully saturated rings. The number of anilines is 1. The van der Waals surface area contributed by atoms with Gasteiger partial charge in [0.1, 0.15) is 5.75 Å². The van der Waals surface area contributed by atoms with Crippen LogP contribution >= 0.6 is 0 Å². The van der Waals surface area contributed by atoms with Crippen molar-refractivity contribution in [3.05, 3.63) is 54.1 Å². The highest BCUT2D eigenvalue weighted by Crippen LogP contribution is 2.19. The first-order valence-corrected chi connectivity index (χ1v) is 11.2. The molecule has 0 radical (unpaired) electrons. The lowest BCUT2D eigenvalue weighted by molar-refractivity contribution is -0.895. The first-order valence-electron chi connectivity index (χ1n) is 9.79. The molecule has 1 heterocycles. The van der Waals surface area contributed by atoms with E-state index >= 15 is 0 Å². The van der Waals surface area contributed by atoms with Crippen LogP contribution in [0.5, 0.6) is 5.75 Å². The molecule has 2 aromatic rings. The maximum Gasteiger partial charge on any atom is 0.279 e. The van der Waals surface area contributed by atoms with Crippen LogP contribution in [-0.2, 0) is 21.2 Å². The molecule has 0 saturated carbocycles. The Morgan fingerprint density at radius 1 is 1.14 bits per heavy atom. The molecule has 8 heteroatoms. The first kappa shape index (κ1) is 21.3. The van der Waals surface area contributed by atoms with Crippen molar-refractivity contribution in [1.29, 1.82) is 0 Å². The Hall–Kier alpha value is -2.42.